The van der Waals surface area contributed by atoms with Crippen LogP contribution in [0.1, 0.15) is 63.0 Å². The minimum absolute atomic E-state index is 0.0499. The fraction of sp³-hybridized carbons (Fsp3) is 0.467. The Morgan fingerprint density at radius 1 is 0.977 bits per heavy atom. The Kier molecular flexibility index (Phi) is 12.8. The smallest absolute Gasteiger partial charge is 0.449 e. The van der Waals surface area contributed by atoms with Crippen molar-refractivity contribution in [3.8, 4) is 11.1 Å². The van der Waals surface area contributed by atoms with Crippen LogP contribution in [0, 0.1) is 5.92 Å². The van der Waals surface area contributed by atoms with E-state index in [-0.39, 0.29) is 56.2 Å². The molecule has 0 aliphatic heterocycles. The van der Waals surface area contributed by atoms with E-state index in [0.717, 1.165) is 22.3 Å². The summed E-state index contributed by atoms with van der Waals surface area (Å²) in [6, 6.07) is 15.2. The van der Waals surface area contributed by atoms with Crippen LogP contribution in [0.25, 0.3) is 11.1 Å². The molecule has 9 N–H and O–H groups in total. The van der Waals surface area contributed by atoms with E-state index in [0.29, 0.717) is 19.3 Å². The molecule has 232 valence electrons. The number of rotatable bonds is 16. The number of guanidine groups is 1. The maximum Gasteiger partial charge on any atom is 0.475 e. The van der Waals surface area contributed by atoms with Crippen LogP contribution < -0.4 is 27.4 Å². The van der Waals surface area contributed by atoms with Gasteiger partial charge in [-0.3, -0.25) is 14.6 Å². The van der Waals surface area contributed by atoms with E-state index in [1.165, 1.54) is 0 Å². The predicted molar refractivity (Wildman–Crippen MR) is 166 cm³/mol. The molecule has 1 aliphatic rings. The number of aliphatic imine (C=N–C) groups is 1. The molecule has 0 spiro atoms. The van der Waals surface area contributed by atoms with Crippen molar-refractivity contribution in [1.82, 2.24) is 16.0 Å². The standard InChI is InChI=1S/C30H43BN6O6/c1-19(2)17-26(31(41)42)37-28(39)25(13-7-15-34-29(32)33)36-27(38)14-8-16-35-30(40)43-18-24-22-11-5-3-9-20(22)21-10-4-6-12-23(21)24/h3-6,9-12,19,24-26,41-42H,7-8,13-18H2,1-2H3,(H,35,40)(H,36,38)(H,37,39)(H4,32,33,34)/t25-,26-/m0/s1. The number of fused-ring (bicyclic) bond motifs is 3. The highest BCUT2D eigenvalue weighted by Gasteiger charge is 2.30. The van der Waals surface area contributed by atoms with Crippen molar-refractivity contribution in [3.05, 3.63) is 59.7 Å². The summed E-state index contributed by atoms with van der Waals surface area (Å²) in [7, 11) is -1.74. The Bertz CT molecular complexity index is 1220. The van der Waals surface area contributed by atoms with Gasteiger partial charge in [0.15, 0.2) is 5.96 Å². The highest BCUT2D eigenvalue weighted by molar-refractivity contribution is 6.43. The number of ether oxygens (including phenoxy) is 1. The van der Waals surface area contributed by atoms with Crippen LogP contribution in [-0.4, -0.2) is 72.7 Å². The van der Waals surface area contributed by atoms with Crippen molar-refractivity contribution in [2.45, 2.75) is 63.9 Å². The lowest BCUT2D eigenvalue weighted by Gasteiger charge is -2.24. The predicted octanol–water partition coefficient (Wildman–Crippen LogP) is 1.39. The summed E-state index contributed by atoms with van der Waals surface area (Å²) in [5.41, 5.74) is 15.2. The van der Waals surface area contributed by atoms with Gasteiger partial charge in [0.05, 0.1) is 5.94 Å². The molecule has 0 fully saturated rings. The van der Waals surface area contributed by atoms with Gasteiger partial charge in [0.25, 0.3) is 0 Å². The minimum atomic E-state index is -1.74. The van der Waals surface area contributed by atoms with Gasteiger partial charge in [-0.2, -0.15) is 0 Å². The van der Waals surface area contributed by atoms with Crippen LogP contribution in [-0.2, 0) is 14.3 Å². The van der Waals surface area contributed by atoms with Crippen LogP contribution in [0.2, 0.25) is 0 Å². The van der Waals surface area contributed by atoms with E-state index in [1.54, 1.807) is 0 Å². The topological polar surface area (TPSA) is 201 Å². The molecule has 2 atom stereocenters. The number of nitrogens with one attached hydrogen (secondary N) is 3. The monoisotopic (exact) mass is 594 g/mol. The molecule has 0 saturated carbocycles. The van der Waals surface area contributed by atoms with Crippen LogP contribution in [0.3, 0.4) is 0 Å². The minimum Gasteiger partial charge on any atom is -0.449 e. The maximum atomic E-state index is 13.0. The van der Waals surface area contributed by atoms with Gasteiger partial charge in [-0.05, 0) is 53.9 Å². The second kappa shape index (κ2) is 16.5. The van der Waals surface area contributed by atoms with Crippen molar-refractivity contribution in [2.24, 2.45) is 22.4 Å². The number of amides is 3. The Morgan fingerprint density at radius 3 is 2.19 bits per heavy atom. The Hall–Kier alpha value is -4.10. The number of hydrogen-bond donors (Lipinski definition) is 7. The Labute approximate surface area is 252 Å². The van der Waals surface area contributed by atoms with Gasteiger partial charge in [-0.25, -0.2) is 4.79 Å². The first-order valence-corrected chi connectivity index (χ1v) is 14.7. The number of nitrogens with zero attached hydrogens (tertiary/aromatic N) is 1. The molecule has 0 radical (unpaired) electrons. The lowest BCUT2D eigenvalue weighted by atomic mass is 9.75. The quantitative estimate of drug-likeness (QED) is 0.0654. The molecule has 0 heterocycles. The van der Waals surface area contributed by atoms with Gasteiger partial charge in [0.2, 0.25) is 11.8 Å². The number of benzene rings is 2. The zero-order chi connectivity index (χ0) is 31.4. The highest BCUT2D eigenvalue weighted by atomic mass is 16.5. The number of hydrogen-bond acceptors (Lipinski definition) is 7. The first-order valence-electron chi connectivity index (χ1n) is 14.7. The molecule has 3 amide bonds. The lowest BCUT2D eigenvalue weighted by molar-refractivity contribution is -0.129. The summed E-state index contributed by atoms with van der Waals surface area (Å²) in [6.45, 7) is 4.46. The molecule has 43 heavy (non-hydrogen) atoms. The summed E-state index contributed by atoms with van der Waals surface area (Å²) >= 11 is 0. The third-order valence-electron chi connectivity index (χ3n) is 7.20. The average Bonchev–Trinajstić information content (AvgIpc) is 3.28. The maximum absolute atomic E-state index is 13.0. The van der Waals surface area contributed by atoms with Gasteiger partial charge in [0, 0.05) is 25.4 Å². The van der Waals surface area contributed by atoms with E-state index in [2.05, 4.69) is 33.1 Å². The summed E-state index contributed by atoms with van der Waals surface area (Å²) in [5.74, 6) is -1.83. The van der Waals surface area contributed by atoms with Crippen molar-refractivity contribution in [2.75, 3.05) is 19.7 Å². The molecule has 3 rings (SSSR count). The number of carbonyl (C=O) groups excluding carboxylic acids is 3. The largest absolute Gasteiger partial charge is 0.475 e. The Morgan fingerprint density at radius 2 is 1.60 bits per heavy atom. The SMILES string of the molecule is CC(C)C[C@H](NC(=O)[C@H](CCCN=C(N)N)NC(=O)CCCNC(=O)OCC1c2ccccc2-c2ccccc21)B(O)O. The molecule has 0 unspecified atom stereocenters. The summed E-state index contributed by atoms with van der Waals surface area (Å²) in [6.07, 6.45) is 0.805. The van der Waals surface area contributed by atoms with Crippen LogP contribution in [0.15, 0.2) is 53.5 Å². The zero-order valence-electron chi connectivity index (χ0n) is 24.8. The molecule has 12 nitrogen and oxygen atoms in total. The molecule has 0 saturated heterocycles. The average molecular weight is 595 g/mol. The molecule has 2 aromatic carbocycles. The summed E-state index contributed by atoms with van der Waals surface area (Å²) in [5, 5.41) is 27.4. The molecule has 1 aliphatic carbocycles. The van der Waals surface area contributed by atoms with Crippen LogP contribution in [0.5, 0.6) is 0 Å². The molecule has 0 aromatic heterocycles. The second-order valence-electron chi connectivity index (χ2n) is 11.1. The number of carbonyl (C=O) groups is 3. The zero-order valence-corrected chi connectivity index (χ0v) is 24.8. The Balaban J connectivity index is 1.45. The molecule has 2 aromatic rings. The lowest BCUT2D eigenvalue weighted by Crippen LogP contribution is -2.54. The number of nitrogens with two attached hydrogens (primary N) is 2. The molecule has 13 heteroatoms. The fourth-order valence-corrected chi connectivity index (χ4v) is 5.17. The number of alkyl carbamates (subject to hydrolysis) is 1. The summed E-state index contributed by atoms with van der Waals surface area (Å²) in [4.78, 5) is 41.9. The van der Waals surface area contributed by atoms with Gasteiger partial charge in [0.1, 0.15) is 12.6 Å². The third kappa shape index (κ3) is 10.3. The van der Waals surface area contributed by atoms with Gasteiger partial charge >= 0.3 is 13.2 Å². The molecular weight excluding hydrogens is 551 g/mol. The van der Waals surface area contributed by atoms with E-state index in [1.807, 2.05) is 50.2 Å². The van der Waals surface area contributed by atoms with Crippen molar-refractivity contribution >= 4 is 31.0 Å². The van der Waals surface area contributed by atoms with E-state index in [9.17, 15) is 24.4 Å². The fourth-order valence-electron chi connectivity index (χ4n) is 5.17. The summed E-state index contributed by atoms with van der Waals surface area (Å²) < 4.78 is 5.53. The second-order valence-corrected chi connectivity index (χ2v) is 11.1. The van der Waals surface area contributed by atoms with Crippen molar-refractivity contribution in [3.63, 3.8) is 0 Å². The van der Waals surface area contributed by atoms with Crippen LogP contribution >= 0.6 is 0 Å². The molecule has 0 bridgehead atoms. The first-order chi connectivity index (χ1) is 20.6. The molecular formula is C30H43BN6O6. The third-order valence-corrected chi connectivity index (χ3v) is 7.20. The van der Waals surface area contributed by atoms with Gasteiger partial charge < -0.3 is 42.2 Å². The van der Waals surface area contributed by atoms with E-state index >= 15 is 0 Å². The van der Waals surface area contributed by atoms with Crippen molar-refractivity contribution < 1.29 is 29.2 Å². The van der Waals surface area contributed by atoms with Crippen molar-refractivity contribution in [1.29, 1.82) is 0 Å². The van der Waals surface area contributed by atoms with E-state index in [4.69, 9.17) is 16.2 Å². The van der Waals surface area contributed by atoms with Gasteiger partial charge in [-0.15, -0.1) is 0 Å². The highest BCUT2D eigenvalue weighted by Crippen LogP contribution is 2.44. The first kappa shape index (κ1) is 33.4. The van der Waals surface area contributed by atoms with Crippen LogP contribution in [0.4, 0.5) is 4.79 Å². The normalized spacial score (nSPS) is 13.3. The van der Waals surface area contributed by atoms with Gasteiger partial charge in [-0.1, -0.05) is 62.4 Å². The van der Waals surface area contributed by atoms with E-state index < -0.39 is 31.1 Å².